The highest BCUT2D eigenvalue weighted by Gasteiger charge is 2.52. The largest absolute Gasteiger partial charge is 0.507 e. The van der Waals surface area contributed by atoms with Crippen molar-refractivity contribution in [3.05, 3.63) is 28.8 Å². The molecule has 0 amide bonds. The maximum Gasteiger partial charge on any atom is 0.157 e. The summed E-state index contributed by atoms with van der Waals surface area (Å²) in [5.41, 5.74) is -0.407. The molecule has 1 aromatic carbocycles. The van der Waals surface area contributed by atoms with Gasteiger partial charge in [-0.2, -0.15) is 0 Å². The van der Waals surface area contributed by atoms with Crippen molar-refractivity contribution in [2.24, 2.45) is 23.2 Å². The zero-order valence-electron chi connectivity index (χ0n) is 18.8. The minimum atomic E-state index is -0.772. The molecule has 2 saturated carbocycles. The molecule has 1 unspecified atom stereocenters. The van der Waals surface area contributed by atoms with Gasteiger partial charge in [-0.3, -0.25) is 9.59 Å². The predicted octanol–water partition coefficient (Wildman–Crippen LogP) is 4.69. The first-order valence-electron chi connectivity index (χ1n) is 11.0. The van der Waals surface area contributed by atoms with Crippen LogP contribution in [0.2, 0.25) is 0 Å². The average Bonchev–Trinajstić information content (AvgIpc) is 2.67. The SMILES string of the molecule is C=C1CC[C@@H](C(C)c2c(O)c(C=O)c(O)c(C=O)c2O)[C@]2(C)CC[C@@H](C(C)(C)O)C[C@@H]12. The Labute approximate surface area is 183 Å². The number of aromatic hydroxyl groups is 3. The minimum absolute atomic E-state index is 0.0473. The van der Waals surface area contributed by atoms with E-state index in [0.29, 0.717) is 12.6 Å². The summed E-state index contributed by atoms with van der Waals surface area (Å²) in [6, 6.07) is 0. The number of hydrogen-bond donors (Lipinski definition) is 4. The van der Waals surface area contributed by atoms with Crippen LogP contribution in [0, 0.1) is 23.2 Å². The second kappa shape index (κ2) is 7.97. The summed E-state index contributed by atoms with van der Waals surface area (Å²) in [6.07, 6.45) is 4.75. The number of allylic oxidation sites excluding steroid dienone is 1. The zero-order chi connectivity index (χ0) is 23.3. The Hall–Kier alpha value is -2.34. The van der Waals surface area contributed by atoms with E-state index in [2.05, 4.69) is 13.5 Å². The van der Waals surface area contributed by atoms with Crippen molar-refractivity contribution in [2.45, 2.75) is 71.3 Å². The zero-order valence-corrected chi connectivity index (χ0v) is 18.8. The van der Waals surface area contributed by atoms with E-state index in [9.17, 15) is 30.0 Å². The van der Waals surface area contributed by atoms with Gasteiger partial charge in [0.15, 0.2) is 12.6 Å². The van der Waals surface area contributed by atoms with E-state index in [4.69, 9.17) is 0 Å². The van der Waals surface area contributed by atoms with Gasteiger partial charge in [-0.1, -0.05) is 26.0 Å². The van der Waals surface area contributed by atoms with Crippen LogP contribution in [-0.2, 0) is 0 Å². The Balaban J connectivity index is 2.07. The molecule has 31 heavy (non-hydrogen) atoms. The van der Waals surface area contributed by atoms with Crippen molar-refractivity contribution in [3.8, 4) is 17.2 Å². The average molecular weight is 431 g/mol. The van der Waals surface area contributed by atoms with Crippen molar-refractivity contribution >= 4 is 12.6 Å². The molecule has 0 saturated heterocycles. The number of rotatable bonds is 5. The Kier molecular flexibility index (Phi) is 6.00. The van der Waals surface area contributed by atoms with Crippen LogP contribution in [0.4, 0.5) is 0 Å². The normalized spacial score (nSPS) is 29.8. The van der Waals surface area contributed by atoms with Crippen LogP contribution < -0.4 is 0 Å². The predicted molar refractivity (Wildman–Crippen MR) is 118 cm³/mol. The first-order valence-corrected chi connectivity index (χ1v) is 11.0. The number of fused-ring (bicyclic) bond motifs is 1. The van der Waals surface area contributed by atoms with Crippen LogP contribution in [-0.4, -0.2) is 38.6 Å². The van der Waals surface area contributed by atoms with Crippen molar-refractivity contribution in [3.63, 3.8) is 0 Å². The highest BCUT2D eigenvalue weighted by atomic mass is 16.3. The molecular weight excluding hydrogens is 396 g/mol. The molecule has 2 aliphatic rings. The van der Waals surface area contributed by atoms with Crippen LogP contribution in [0.3, 0.4) is 0 Å². The standard InChI is InChI=1S/C25H34O6/c1-13-6-7-18(25(5)9-8-15(10-19(13)25)24(3,4)31)14(2)20-22(29)16(11-26)21(28)17(12-27)23(20)30/h11-12,14-15,18-19,28-31H,1,6-10H2,2-5H3/t14?,15-,18+,19+,25+/m1/s1. The number of hydrogen-bond acceptors (Lipinski definition) is 6. The maximum absolute atomic E-state index is 11.5. The molecule has 1 aromatic rings. The van der Waals surface area contributed by atoms with Crippen molar-refractivity contribution < 1.29 is 30.0 Å². The number of aliphatic hydroxyl groups is 1. The van der Waals surface area contributed by atoms with E-state index in [0.717, 1.165) is 32.1 Å². The summed E-state index contributed by atoms with van der Waals surface area (Å²) in [6.45, 7) is 12.1. The number of phenolic OH excluding ortho intramolecular Hbond substituents is 3. The van der Waals surface area contributed by atoms with Gasteiger partial charge in [0.25, 0.3) is 0 Å². The van der Waals surface area contributed by atoms with Gasteiger partial charge in [0, 0.05) is 5.56 Å². The summed E-state index contributed by atoms with van der Waals surface area (Å²) in [7, 11) is 0. The van der Waals surface area contributed by atoms with Gasteiger partial charge in [-0.25, -0.2) is 0 Å². The summed E-state index contributed by atoms with van der Waals surface area (Å²) in [5.74, 6) is -1.62. The Morgan fingerprint density at radius 3 is 2.10 bits per heavy atom. The van der Waals surface area contributed by atoms with Gasteiger partial charge in [-0.05, 0) is 75.0 Å². The Morgan fingerprint density at radius 1 is 1.06 bits per heavy atom. The molecule has 0 aliphatic heterocycles. The summed E-state index contributed by atoms with van der Waals surface area (Å²) in [4.78, 5) is 23.0. The number of benzene rings is 1. The lowest BCUT2D eigenvalue weighted by Crippen LogP contribution is -2.49. The molecule has 3 rings (SSSR count). The molecule has 0 radical (unpaired) electrons. The molecule has 6 heteroatoms. The fraction of sp³-hybridized carbons (Fsp3) is 0.600. The quantitative estimate of drug-likeness (QED) is 0.398. The van der Waals surface area contributed by atoms with Crippen LogP contribution in [0.25, 0.3) is 0 Å². The van der Waals surface area contributed by atoms with E-state index < -0.39 is 22.8 Å². The number of carbonyl (C=O) groups excluding carboxylic acids is 2. The fourth-order valence-corrected chi connectivity index (χ4v) is 6.34. The second-order valence-corrected chi connectivity index (χ2v) is 10.3. The first kappa shape index (κ1) is 23.3. The third-order valence-electron chi connectivity index (χ3n) is 8.29. The summed E-state index contributed by atoms with van der Waals surface area (Å²) < 4.78 is 0. The molecule has 0 heterocycles. The molecule has 2 fully saturated rings. The summed E-state index contributed by atoms with van der Waals surface area (Å²) >= 11 is 0. The molecule has 0 bridgehead atoms. The first-order chi connectivity index (χ1) is 14.4. The van der Waals surface area contributed by atoms with Crippen molar-refractivity contribution in [1.82, 2.24) is 0 Å². The molecule has 6 nitrogen and oxygen atoms in total. The maximum atomic E-state index is 11.5. The highest BCUT2D eigenvalue weighted by Crippen LogP contribution is 2.62. The third-order valence-corrected chi connectivity index (χ3v) is 8.29. The van der Waals surface area contributed by atoms with E-state index in [1.165, 1.54) is 5.57 Å². The van der Waals surface area contributed by atoms with E-state index >= 15 is 0 Å². The molecule has 170 valence electrons. The van der Waals surface area contributed by atoms with E-state index in [1.807, 2.05) is 20.8 Å². The smallest absolute Gasteiger partial charge is 0.157 e. The highest BCUT2D eigenvalue weighted by molar-refractivity contribution is 5.94. The van der Waals surface area contributed by atoms with Crippen LogP contribution >= 0.6 is 0 Å². The third kappa shape index (κ3) is 3.65. The Bertz CT molecular complexity index is 877. The van der Waals surface area contributed by atoms with Crippen molar-refractivity contribution in [2.75, 3.05) is 0 Å². The topological polar surface area (TPSA) is 115 Å². The lowest BCUT2D eigenvalue weighted by atomic mass is 9.49. The Morgan fingerprint density at radius 2 is 1.61 bits per heavy atom. The molecule has 4 N–H and O–H groups in total. The minimum Gasteiger partial charge on any atom is -0.507 e. The lowest BCUT2D eigenvalue weighted by molar-refractivity contribution is -0.0631. The van der Waals surface area contributed by atoms with E-state index in [-0.39, 0.29) is 45.8 Å². The van der Waals surface area contributed by atoms with Crippen LogP contribution in [0.15, 0.2) is 12.2 Å². The fourth-order valence-electron chi connectivity index (χ4n) is 6.34. The molecule has 5 atom stereocenters. The monoisotopic (exact) mass is 430 g/mol. The second-order valence-electron chi connectivity index (χ2n) is 10.3. The molecule has 2 aliphatic carbocycles. The number of phenols is 3. The van der Waals surface area contributed by atoms with Crippen LogP contribution in [0.5, 0.6) is 17.2 Å². The van der Waals surface area contributed by atoms with Gasteiger partial charge >= 0.3 is 0 Å². The number of aldehydes is 2. The summed E-state index contributed by atoms with van der Waals surface area (Å²) in [5, 5.41) is 42.2. The van der Waals surface area contributed by atoms with Crippen LogP contribution in [0.1, 0.15) is 92.0 Å². The molecule has 0 spiro atoms. The molecular formula is C25H34O6. The van der Waals surface area contributed by atoms with E-state index in [1.54, 1.807) is 0 Å². The van der Waals surface area contributed by atoms with Gasteiger partial charge in [-0.15, -0.1) is 0 Å². The van der Waals surface area contributed by atoms with Gasteiger partial charge in [0.1, 0.15) is 17.2 Å². The van der Waals surface area contributed by atoms with Gasteiger partial charge < -0.3 is 20.4 Å². The van der Waals surface area contributed by atoms with Crippen molar-refractivity contribution in [1.29, 1.82) is 0 Å². The number of carbonyl (C=O) groups is 2. The van der Waals surface area contributed by atoms with Gasteiger partial charge in [0.05, 0.1) is 16.7 Å². The van der Waals surface area contributed by atoms with Gasteiger partial charge in [0.2, 0.25) is 0 Å². The molecule has 0 aromatic heterocycles. The lowest BCUT2D eigenvalue weighted by Gasteiger charge is -2.56.